The minimum atomic E-state index is 0.449. The van der Waals surface area contributed by atoms with E-state index in [0.29, 0.717) is 5.54 Å². The third kappa shape index (κ3) is 3.23. The Morgan fingerprint density at radius 2 is 2.00 bits per heavy atom. The summed E-state index contributed by atoms with van der Waals surface area (Å²) in [4.78, 5) is 2.71. The molecule has 0 aromatic carbocycles. The van der Waals surface area contributed by atoms with Crippen LogP contribution in [-0.4, -0.2) is 36.6 Å². The SMILES string of the molecule is CCC1(CN2CCC(C(C)C)CC2)CCCN1. The maximum atomic E-state index is 3.76. The van der Waals surface area contributed by atoms with E-state index < -0.39 is 0 Å². The molecule has 2 aliphatic heterocycles. The molecule has 100 valence electrons. The molecule has 0 spiro atoms. The molecule has 2 heterocycles. The van der Waals surface area contributed by atoms with E-state index in [2.05, 4.69) is 31.0 Å². The third-order valence-corrected chi connectivity index (χ3v) is 5.11. The molecular weight excluding hydrogens is 208 g/mol. The highest BCUT2D eigenvalue weighted by Gasteiger charge is 2.34. The minimum absolute atomic E-state index is 0.449. The average molecular weight is 238 g/mol. The molecule has 2 aliphatic rings. The smallest absolute Gasteiger partial charge is 0.0306 e. The highest BCUT2D eigenvalue weighted by Crippen LogP contribution is 2.28. The quantitative estimate of drug-likeness (QED) is 0.810. The maximum Gasteiger partial charge on any atom is 0.0306 e. The molecule has 0 amide bonds. The largest absolute Gasteiger partial charge is 0.310 e. The van der Waals surface area contributed by atoms with Crippen LogP contribution in [0.4, 0.5) is 0 Å². The number of nitrogens with zero attached hydrogens (tertiary/aromatic N) is 1. The lowest BCUT2D eigenvalue weighted by atomic mass is 9.85. The zero-order valence-corrected chi connectivity index (χ0v) is 12.0. The van der Waals surface area contributed by atoms with Crippen molar-refractivity contribution in [3.63, 3.8) is 0 Å². The van der Waals surface area contributed by atoms with E-state index >= 15 is 0 Å². The summed E-state index contributed by atoms with van der Waals surface area (Å²) in [5.74, 6) is 1.85. The lowest BCUT2D eigenvalue weighted by Gasteiger charge is -2.39. The molecule has 0 aromatic heterocycles. The van der Waals surface area contributed by atoms with Crippen LogP contribution in [0.25, 0.3) is 0 Å². The topological polar surface area (TPSA) is 15.3 Å². The van der Waals surface area contributed by atoms with Gasteiger partial charge in [0.15, 0.2) is 0 Å². The van der Waals surface area contributed by atoms with Gasteiger partial charge in [-0.15, -0.1) is 0 Å². The third-order valence-electron chi connectivity index (χ3n) is 5.11. The van der Waals surface area contributed by atoms with Crippen molar-refractivity contribution < 1.29 is 0 Å². The standard InChI is InChI=1S/C15H30N2/c1-4-15(8-5-9-16-15)12-17-10-6-14(7-11-17)13(2)3/h13-14,16H,4-12H2,1-3H3. The lowest BCUT2D eigenvalue weighted by Crippen LogP contribution is -2.51. The molecular formula is C15H30N2. The first-order chi connectivity index (χ1) is 8.15. The van der Waals surface area contributed by atoms with Crippen molar-refractivity contribution in [2.24, 2.45) is 11.8 Å². The predicted octanol–water partition coefficient (Wildman–Crippen LogP) is 2.89. The van der Waals surface area contributed by atoms with Crippen LogP contribution in [0.5, 0.6) is 0 Å². The summed E-state index contributed by atoms with van der Waals surface area (Å²) >= 11 is 0. The molecule has 0 bridgehead atoms. The van der Waals surface area contributed by atoms with Crippen LogP contribution in [0.3, 0.4) is 0 Å². The lowest BCUT2D eigenvalue weighted by molar-refractivity contribution is 0.121. The molecule has 0 radical (unpaired) electrons. The van der Waals surface area contributed by atoms with E-state index in [0.717, 1.165) is 11.8 Å². The van der Waals surface area contributed by atoms with Gasteiger partial charge in [0.25, 0.3) is 0 Å². The molecule has 1 atom stereocenters. The zero-order chi connectivity index (χ0) is 12.3. The molecule has 2 heteroatoms. The summed E-state index contributed by atoms with van der Waals surface area (Å²) in [6.07, 6.45) is 6.87. The summed E-state index contributed by atoms with van der Waals surface area (Å²) in [5, 5.41) is 3.76. The Morgan fingerprint density at radius 3 is 2.47 bits per heavy atom. The van der Waals surface area contributed by atoms with E-state index in [4.69, 9.17) is 0 Å². The number of rotatable bonds is 4. The van der Waals surface area contributed by atoms with Gasteiger partial charge >= 0.3 is 0 Å². The average Bonchev–Trinajstić information content (AvgIpc) is 2.79. The van der Waals surface area contributed by atoms with Crippen LogP contribution in [0.15, 0.2) is 0 Å². The van der Waals surface area contributed by atoms with Gasteiger partial charge in [0, 0.05) is 12.1 Å². The number of hydrogen-bond donors (Lipinski definition) is 1. The summed E-state index contributed by atoms with van der Waals surface area (Å²) < 4.78 is 0. The van der Waals surface area contributed by atoms with E-state index in [1.54, 1.807) is 0 Å². The second kappa shape index (κ2) is 5.71. The fourth-order valence-corrected chi connectivity index (χ4v) is 3.62. The predicted molar refractivity (Wildman–Crippen MR) is 74.3 cm³/mol. The van der Waals surface area contributed by atoms with Gasteiger partial charge in [-0.25, -0.2) is 0 Å². The first kappa shape index (κ1) is 13.4. The van der Waals surface area contributed by atoms with Gasteiger partial charge in [-0.3, -0.25) is 0 Å². The highest BCUT2D eigenvalue weighted by atomic mass is 15.2. The van der Waals surface area contributed by atoms with Crippen molar-refractivity contribution in [3.05, 3.63) is 0 Å². The Bertz CT molecular complexity index is 223. The van der Waals surface area contributed by atoms with Crippen LogP contribution < -0.4 is 5.32 Å². The number of nitrogens with one attached hydrogen (secondary N) is 1. The molecule has 2 nitrogen and oxygen atoms in total. The van der Waals surface area contributed by atoms with Gasteiger partial charge in [0.05, 0.1) is 0 Å². The van der Waals surface area contributed by atoms with Crippen molar-refractivity contribution >= 4 is 0 Å². The maximum absolute atomic E-state index is 3.76. The highest BCUT2D eigenvalue weighted by molar-refractivity contribution is 4.95. The molecule has 0 saturated carbocycles. The number of piperidine rings is 1. The Kier molecular flexibility index (Phi) is 4.48. The number of hydrogen-bond acceptors (Lipinski definition) is 2. The van der Waals surface area contributed by atoms with Gasteiger partial charge in [-0.2, -0.15) is 0 Å². The van der Waals surface area contributed by atoms with Crippen LogP contribution >= 0.6 is 0 Å². The fourth-order valence-electron chi connectivity index (χ4n) is 3.62. The Balaban J connectivity index is 1.81. The van der Waals surface area contributed by atoms with Crippen molar-refractivity contribution in [1.29, 1.82) is 0 Å². The van der Waals surface area contributed by atoms with Gasteiger partial charge in [-0.05, 0) is 63.6 Å². The molecule has 2 rings (SSSR count). The second-order valence-corrected chi connectivity index (χ2v) is 6.52. The van der Waals surface area contributed by atoms with Crippen LogP contribution in [0.1, 0.15) is 52.9 Å². The minimum Gasteiger partial charge on any atom is -0.310 e. The molecule has 0 aromatic rings. The monoisotopic (exact) mass is 238 g/mol. The van der Waals surface area contributed by atoms with E-state index in [1.165, 1.54) is 58.3 Å². The fraction of sp³-hybridized carbons (Fsp3) is 1.00. The Hall–Kier alpha value is -0.0800. The van der Waals surface area contributed by atoms with Crippen molar-refractivity contribution in [2.45, 2.75) is 58.4 Å². The molecule has 2 fully saturated rings. The van der Waals surface area contributed by atoms with Crippen molar-refractivity contribution in [2.75, 3.05) is 26.2 Å². The van der Waals surface area contributed by atoms with E-state index in [1.807, 2.05) is 0 Å². The number of likely N-dealkylation sites (tertiary alicyclic amines) is 1. The molecule has 2 saturated heterocycles. The van der Waals surface area contributed by atoms with Crippen LogP contribution in [-0.2, 0) is 0 Å². The first-order valence-electron chi connectivity index (χ1n) is 7.62. The molecule has 0 aliphatic carbocycles. The van der Waals surface area contributed by atoms with E-state index in [-0.39, 0.29) is 0 Å². The van der Waals surface area contributed by atoms with Crippen molar-refractivity contribution in [1.82, 2.24) is 10.2 Å². The Morgan fingerprint density at radius 1 is 1.29 bits per heavy atom. The van der Waals surface area contributed by atoms with Gasteiger partial charge in [0.1, 0.15) is 0 Å². The van der Waals surface area contributed by atoms with Gasteiger partial charge < -0.3 is 10.2 Å². The normalized spacial score (nSPS) is 32.5. The summed E-state index contributed by atoms with van der Waals surface area (Å²) in [6, 6.07) is 0. The summed E-state index contributed by atoms with van der Waals surface area (Å²) in [6.45, 7) is 12.3. The molecule has 1 unspecified atom stereocenters. The van der Waals surface area contributed by atoms with Crippen molar-refractivity contribution in [3.8, 4) is 0 Å². The molecule has 1 N–H and O–H groups in total. The Labute approximate surface area is 107 Å². The van der Waals surface area contributed by atoms with Crippen LogP contribution in [0, 0.1) is 11.8 Å². The zero-order valence-electron chi connectivity index (χ0n) is 12.0. The summed E-state index contributed by atoms with van der Waals surface area (Å²) in [7, 11) is 0. The first-order valence-corrected chi connectivity index (χ1v) is 7.62. The van der Waals surface area contributed by atoms with Gasteiger partial charge in [-0.1, -0.05) is 20.8 Å². The van der Waals surface area contributed by atoms with Crippen LogP contribution in [0.2, 0.25) is 0 Å². The molecule has 17 heavy (non-hydrogen) atoms. The summed E-state index contributed by atoms with van der Waals surface area (Å²) in [5.41, 5.74) is 0.449. The second-order valence-electron chi connectivity index (χ2n) is 6.52. The van der Waals surface area contributed by atoms with E-state index in [9.17, 15) is 0 Å². The van der Waals surface area contributed by atoms with Gasteiger partial charge in [0.2, 0.25) is 0 Å².